The molecule has 0 spiro atoms. The highest BCUT2D eigenvalue weighted by atomic mass is 32.1. The lowest BCUT2D eigenvalue weighted by molar-refractivity contribution is -0.172. The number of nitrogens with zero attached hydrogens (tertiary/aromatic N) is 3. The topological polar surface area (TPSA) is 135 Å². The molecule has 0 fully saturated rings. The van der Waals surface area contributed by atoms with Crippen molar-refractivity contribution in [2.75, 3.05) is 13.7 Å². The largest absolute Gasteiger partial charge is 0.444 e. The predicted octanol–water partition coefficient (Wildman–Crippen LogP) is 6.13. The second-order valence-corrected chi connectivity index (χ2v) is 15.1. The van der Waals surface area contributed by atoms with Gasteiger partial charge >= 0.3 is 6.09 Å². The van der Waals surface area contributed by atoms with Gasteiger partial charge < -0.3 is 25.5 Å². The molecule has 13 heteroatoms. The van der Waals surface area contributed by atoms with Crippen molar-refractivity contribution in [2.45, 2.75) is 84.7 Å². The minimum absolute atomic E-state index is 0.0952. The van der Waals surface area contributed by atoms with Crippen molar-refractivity contribution in [1.29, 1.82) is 0 Å². The summed E-state index contributed by atoms with van der Waals surface area (Å²) in [4.78, 5) is 55.9. The second kappa shape index (κ2) is 20.0. The van der Waals surface area contributed by atoms with Gasteiger partial charge in [-0.15, -0.1) is 22.7 Å². The smallest absolute Gasteiger partial charge is 0.408 e. The number of hydrogen-bond donors (Lipinski definition) is 3. The van der Waals surface area contributed by atoms with E-state index in [4.69, 9.17) is 9.57 Å². The third-order valence-corrected chi connectivity index (χ3v) is 10.3. The number of aromatic nitrogens is 2. The summed E-state index contributed by atoms with van der Waals surface area (Å²) in [7, 11) is 1.54. The Bertz CT molecular complexity index is 1630. The van der Waals surface area contributed by atoms with Gasteiger partial charge in [-0.25, -0.2) is 9.78 Å². The summed E-state index contributed by atoms with van der Waals surface area (Å²) < 4.78 is 5.50. The lowest BCUT2D eigenvalue weighted by atomic mass is 9.99. The lowest BCUT2D eigenvalue weighted by Crippen LogP contribution is -2.57. The fraction of sp³-hybridized carbons (Fsp3) is 0.447. The highest BCUT2D eigenvalue weighted by molar-refractivity contribution is 7.09. The van der Waals surface area contributed by atoms with E-state index < -0.39 is 24.3 Å². The third kappa shape index (κ3) is 12.8. The van der Waals surface area contributed by atoms with E-state index in [1.54, 1.807) is 28.1 Å². The van der Waals surface area contributed by atoms with E-state index in [0.717, 1.165) is 26.7 Å². The van der Waals surface area contributed by atoms with Crippen LogP contribution in [0.25, 0.3) is 0 Å². The maximum Gasteiger partial charge on any atom is 0.408 e. The van der Waals surface area contributed by atoms with Gasteiger partial charge in [0.2, 0.25) is 11.8 Å². The molecular formula is C38H50N6O5S2. The Balaban J connectivity index is 1.49. The van der Waals surface area contributed by atoms with Crippen LogP contribution in [0.4, 0.5) is 4.79 Å². The number of carbonyl (C=O) groups excluding carboxylic acids is 3. The summed E-state index contributed by atoms with van der Waals surface area (Å²) in [6.07, 6.45) is 1.81. The minimum atomic E-state index is -0.768. The number of hydrogen-bond acceptors (Lipinski definition) is 10. The van der Waals surface area contributed by atoms with Gasteiger partial charge in [0, 0.05) is 48.8 Å². The van der Waals surface area contributed by atoms with Gasteiger partial charge in [0.15, 0.2) is 0 Å². The van der Waals surface area contributed by atoms with Crippen LogP contribution in [0.5, 0.6) is 0 Å². The van der Waals surface area contributed by atoms with Crippen molar-refractivity contribution in [2.24, 2.45) is 11.8 Å². The highest BCUT2D eigenvalue weighted by Gasteiger charge is 2.31. The first kappa shape index (κ1) is 39.6. The molecule has 4 atom stereocenters. The van der Waals surface area contributed by atoms with Crippen LogP contribution >= 0.6 is 22.7 Å². The fourth-order valence-electron chi connectivity index (χ4n) is 5.51. The molecule has 4 rings (SSSR count). The van der Waals surface area contributed by atoms with Crippen LogP contribution < -0.4 is 16.0 Å². The number of amides is 3. The Morgan fingerprint density at radius 2 is 1.49 bits per heavy atom. The number of carbonyl (C=O) groups is 3. The molecule has 3 N–H and O–H groups in total. The SMILES string of the molecule is CON(CC(Cc1ccccc1)NC(=O)C(NC(=O)C(C)Cc1csc(C(C)C)n1)C(C)C)C(Cc1ccccc1)NC(=O)OCc1cncs1. The van der Waals surface area contributed by atoms with Crippen molar-refractivity contribution in [3.8, 4) is 0 Å². The Kier molecular flexibility index (Phi) is 15.5. The van der Waals surface area contributed by atoms with Crippen LogP contribution in [0, 0.1) is 11.8 Å². The zero-order valence-corrected chi connectivity index (χ0v) is 31.8. The molecular weight excluding hydrogens is 685 g/mol. The summed E-state index contributed by atoms with van der Waals surface area (Å²) in [5, 5.41) is 13.9. The Morgan fingerprint density at radius 3 is 2.06 bits per heavy atom. The molecule has 274 valence electrons. The predicted molar refractivity (Wildman–Crippen MR) is 201 cm³/mol. The summed E-state index contributed by atoms with van der Waals surface area (Å²) >= 11 is 3.01. The molecule has 51 heavy (non-hydrogen) atoms. The molecule has 0 radical (unpaired) electrons. The number of nitrogens with one attached hydrogen (secondary N) is 3. The van der Waals surface area contributed by atoms with E-state index in [1.807, 2.05) is 86.8 Å². The zero-order chi connectivity index (χ0) is 36.8. The quantitative estimate of drug-likeness (QED) is 0.0775. The molecule has 2 heterocycles. The lowest BCUT2D eigenvalue weighted by Gasteiger charge is -2.34. The molecule has 0 aliphatic carbocycles. The Labute approximate surface area is 309 Å². The maximum atomic E-state index is 14.0. The van der Waals surface area contributed by atoms with Crippen LogP contribution in [-0.2, 0) is 45.0 Å². The Hall–Kier alpha value is -4.17. The molecule has 0 bridgehead atoms. The second-order valence-electron chi connectivity index (χ2n) is 13.2. The standard InChI is InChI=1S/C38H50N6O5S2/c1-25(2)34(43-35(45)27(5)17-31-23-50-37(41-31)26(3)4)36(46)40-30(18-28-13-9-7-10-14-28)21-44(48-6)33(19-29-15-11-8-12-16-29)42-38(47)49-22-32-20-39-24-51-32/h7-16,20,23-27,30,33-34H,17-19,21-22H2,1-6H3,(H,40,46)(H,42,47)(H,43,45). The summed E-state index contributed by atoms with van der Waals surface area (Å²) in [6.45, 7) is 10.2. The number of hydroxylamine groups is 2. The molecule has 0 saturated heterocycles. The van der Waals surface area contributed by atoms with E-state index in [1.165, 1.54) is 18.4 Å². The first-order valence-corrected chi connectivity index (χ1v) is 19.0. The molecule has 0 saturated carbocycles. The summed E-state index contributed by atoms with van der Waals surface area (Å²) in [5.74, 6) is -0.720. The number of thiazole rings is 2. The van der Waals surface area contributed by atoms with Crippen LogP contribution in [0.1, 0.15) is 67.2 Å². The van der Waals surface area contributed by atoms with E-state index in [-0.39, 0.29) is 36.8 Å². The van der Waals surface area contributed by atoms with Gasteiger partial charge in [-0.05, 0) is 23.5 Å². The van der Waals surface area contributed by atoms with Gasteiger partial charge in [0.05, 0.1) is 28.2 Å². The van der Waals surface area contributed by atoms with Crippen LogP contribution in [0.2, 0.25) is 0 Å². The van der Waals surface area contributed by atoms with Crippen LogP contribution in [0.15, 0.2) is 77.8 Å². The number of ether oxygens (including phenoxy) is 1. The molecule has 4 unspecified atom stereocenters. The fourth-order valence-corrected chi connectivity index (χ4v) is 6.86. The monoisotopic (exact) mass is 734 g/mol. The summed E-state index contributed by atoms with van der Waals surface area (Å²) in [5.41, 5.74) is 4.55. The average Bonchev–Trinajstić information content (AvgIpc) is 3.82. The van der Waals surface area contributed by atoms with E-state index in [2.05, 4.69) is 39.8 Å². The first-order valence-electron chi connectivity index (χ1n) is 17.3. The highest BCUT2D eigenvalue weighted by Crippen LogP contribution is 2.21. The van der Waals surface area contributed by atoms with Gasteiger partial charge in [-0.1, -0.05) is 95.3 Å². The van der Waals surface area contributed by atoms with Gasteiger partial charge in [0.25, 0.3) is 0 Å². The van der Waals surface area contributed by atoms with Gasteiger partial charge in [-0.2, -0.15) is 5.06 Å². The van der Waals surface area contributed by atoms with Crippen molar-refractivity contribution in [1.82, 2.24) is 31.0 Å². The number of benzene rings is 2. The first-order chi connectivity index (χ1) is 24.5. The molecule has 2 aromatic carbocycles. The average molecular weight is 735 g/mol. The van der Waals surface area contributed by atoms with E-state index in [0.29, 0.717) is 25.2 Å². The molecule has 11 nitrogen and oxygen atoms in total. The Morgan fingerprint density at radius 1 is 0.824 bits per heavy atom. The minimum Gasteiger partial charge on any atom is -0.444 e. The van der Waals surface area contributed by atoms with Crippen molar-refractivity contribution < 1.29 is 24.0 Å². The molecule has 2 aromatic heterocycles. The van der Waals surface area contributed by atoms with E-state index in [9.17, 15) is 14.4 Å². The van der Waals surface area contributed by atoms with Crippen LogP contribution in [0.3, 0.4) is 0 Å². The summed E-state index contributed by atoms with van der Waals surface area (Å²) in [6, 6.07) is 18.4. The van der Waals surface area contributed by atoms with Crippen molar-refractivity contribution in [3.05, 3.63) is 104 Å². The zero-order valence-electron chi connectivity index (χ0n) is 30.2. The van der Waals surface area contributed by atoms with Gasteiger partial charge in [0.1, 0.15) is 18.8 Å². The van der Waals surface area contributed by atoms with Crippen LogP contribution in [-0.4, -0.2) is 64.8 Å². The normalized spacial score (nSPS) is 13.8. The van der Waals surface area contributed by atoms with Gasteiger partial charge in [-0.3, -0.25) is 14.6 Å². The number of alkyl carbamates (subject to hydrolysis) is 1. The van der Waals surface area contributed by atoms with Crippen molar-refractivity contribution >= 4 is 40.6 Å². The number of rotatable bonds is 19. The molecule has 0 aliphatic heterocycles. The molecule has 4 aromatic rings. The van der Waals surface area contributed by atoms with E-state index >= 15 is 0 Å². The molecule has 0 aliphatic rings. The maximum absolute atomic E-state index is 14.0. The molecule has 3 amide bonds. The third-order valence-electron chi connectivity index (χ3n) is 8.31. The van der Waals surface area contributed by atoms with Crippen molar-refractivity contribution in [3.63, 3.8) is 0 Å².